The van der Waals surface area contributed by atoms with Gasteiger partial charge < -0.3 is 10.0 Å². The van der Waals surface area contributed by atoms with Gasteiger partial charge in [-0.25, -0.2) is 0 Å². The van der Waals surface area contributed by atoms with Crippen molar-refractivity contribution in [2.45, 2.75) is 44.9 Å². The summed E-state index contributed by atoms with van der Waals surface area (Å²) in [5.74, 6) is 0.886. The number of carbonyl (C=O) groups excluding carboxylic acids is 1. The highest BCUT2D eigenvalue weighted by Crippen LogP contribution is 2.26. The first-order chi connectivity index (χ1) is 7.24. The Labute approximate surface area is 92.5 Å². The number of aliphatic hydroxyl groups is 1. The molecule has 1 aliphatic carbocycles. The van der Waals surface area contributed by atoms with Crippen LogP contribution in [0, 0.1) is 5.92 Å². The van der Waals surface area contributed by atoms with Crippen molar-refractivity contribution in [1.29, 1.82) is 0 Å². The number of nitrogens with zero attached hydrogens (tertiary/aromatic N) is 1. The number of carbonyl (C=O) groups is 1. The van der Waals surface area contributed by atoms with Crippen LogP contribution in [0.15, 0.2) is 0 Å². The van der Waals surface area contributed by atoms with E-state index < -0.39 is 0 Å². The fourth-order valence-corrected chi connectivity index (χ4v) is 2.26. The minimum atomic E-state index is -0.0351. The molecule has 88 valence electrons. The first kappa shape index (κ1) is 12.5. The Morgan fingerprint density at radius 3 is 2.60 bits per heavy atom. The third kappa shape index (κ3) is 4.65. The van der Waals surface area contributed by atoms with E-state index in [0.717, 1.165) is 18.9 Å². The first-order valence-corrected chi connectivity index (χ1v) is 6.09. The monoisotopic (exact) mass is 213 g/mol. The number of aliphatic hydroxyl groups excluding tert-OH is 1. The van der Waals surface area contributed by atoms with Gasteiger partial charge >= 0.3 is 0 Å². The lowest BCUT2D eigenvalue weighted by Gasteiger charge is -2.24. The molecule has 1 rings (SSSR count). The zero-order valence-electron chi connectivity index (χ0n) is 9.74. The summed E-state index contributed by atoms with van der Waals surface area (Å²) < 4.78 is 0. The van der Waals surface area contributed by atoms with Gasteiger partial charge in [-0.2, -0.15) is 0 Å². The average molecular weight is 213 g/mol. The van der Waals surface area contributed by atoms with Gasteiger partial charge in [0.2, 0.25) is 5.91 Å². The lowest BCUT2D eigenvalue weighted by atomic mass is 9.87. The van der Waals surface area contributed by atoms with E-state index in [0.29, 0.717) is 0 Å². The molecule has 15 heavy (non-hydrogen) atoms. The fourth-order valence-electron chi connectivity index (χ4n) is 2.26. The standard InChI is InChI=1S/C12H23NO2/c1-13(12(15)8-10-14)9-7-11-5-3-2-4-6-11/h11,14H,2-10H2,1H3. The van der Waals surface area contributed by atoms with Crippen molar-refractivity contribution in [2.75, 3.05) is 20.2 Å². The molecular weight excluding hydrogens is 190 g/mol. The Morgan fingerprint density at radius 1 is 1.33 bits per heavy atom. The molecule has 0 bridgehead atoms. The van der Waals surface area contributed by atoms with Gasteiger partial charge in [-0.05, 0) is 12.3 Å². The second-order valence-electron chi connectivity index (χ2n) is 4.58. The predicted molar refractivity (Wildman–Crippen MR) is 60.5 cm³/mol. The highest BCUT2D eigenvalue weighted by Gasteiger charge is 2.15. The summed E-state index contributed by atoms with van der Waals surface area (Å²) in [5.41, 5.74) is 0. The van der Waals surface area contributed by atoms with Gasteiger partial charge in [0.05, 0.1) is 6.61 Å². The van der Waals surface area contributed by atoms with Crippen LogP contribution in [0.1, 0.15) is 44.9 Å². The van der Waals surface area contributed by atoms with Gasteiger partial charge in [0, 0.05) is 20.0 Å². The smallest absolute Gasteiger partial charge is 0.224 e. The van der Waals surface area contributed by atoms with Crippen LogP contribution in [0.5, 0.6) is 0 Å². The second kappa shape index (κ2) is 6.83. The fraction of sp³-hybridized carbons (Fsp3) is 0.917. The van der Waals surface area contributed by atoms with Crippen LogP contribution >= 0.6 is 0 Å². The zero-order chi connectivity index (χ0) is 11.1. The largest absolute Gasteiger partial charge is 0.396 e. The molecule has 0 saturated heterocycles. The van der Waals surface area contributed by atoms with Gasteiger partial charge in [0.25, 0.3) is 0 Å². The molecule has 0 aromatic heterocycles. The summed E-state index contributed by atoms with van der Waals surface area (Å²) in [5, 5.41) is 8.65. The SMILES string of the molecule is CN(CCC1CCCCC1)C(=O)CCO. The van der Waals surface area contributed by atoms with Crippen molar-refractivity contribution >= 4 is 5.91 Å². The summed E-state index contributed by atoms with van der Waals surface area (Å²) in [6.45, 7) is 0.816. The molecule has 0 aromatic rings. The van der Waals surface area contributed by atoms with E-state index in [2.05, 4.69) is 0 Å². The Hall–Kier alpha value is -0.570. The minimum Gasteiger partial charge on any atom is -0.396 e. The topological polar surface area (TPSA) is 40.5 Å². The lowest BCUT2D eigenvalue weighted by Crippen LogP contribution is -2.29. The predicted octanol–water partition coefficient (Wildman–Crippen LogP) is 1.80. The average Bonchev–Trinajstić information content (AvgIpc) is 2.27. The Balaban J connectivity index is 2.14. The van der Waals surface area contributed by atoms with E-state index in [1.165, 1.54) is 32.1 Å². The molecule has 3 nitrogen and oxygen atoms in total. The molecule has 0 heterocycles. The molecule has 1 saturated carbocycles. The van der Waals surface area contributed by atoms with E-state index in [1.54, 1.807) is 4.90 Å². The van der Waals surface area contributed by atoms with Crippen LogP contribution in [-0.4, -0.2) is 36.1 Å². The van der Waals surface area contributed by atoms with E-state index in [4.69, 9.17) is 5.11 Å². The van der Waals surface area contributed by atoms with E-state index in [1.807, 2.05) is 7.05 Å². The molecule has 0 aromatic carbocycles. The van der Waals surface area contributed by atoms with E-state index >= 15 is 0 Å². The van der Waals surface area contributed by atoms with E-state index in [9.17, 15) is 4.79 Å². The molecule has 0 spiro atoms. The summed E-state index contributed by atoms with van der Waals surface area (Å²) >= 11 is 0. The van der Waals surface area contributed by atoms with Crippen molar-refractivity contribution in [3.8, 4) is 0 Å². The second-order valence-corrected chi connectivity index (χ2v) is 4.58. The van der Waals surface area contributed by atoms with Crippen molar-refractivity contribution in [3.63, 3.8) is 0 Å². The maximum absolute atomic E-state index is 11.4. The Morgan fingerprint density at radius 2 is 2.00 bits per heavy atom. The third-order valence-electron chi connectivity index (χ3n) is 3.35. The molecular formula is C12H23NO2. The Bertz CT molecular complexity index is 188. The quantitative estimate of drug-likeness (QED) is 0.756. The maximum Gasteiger partial charge on any atom is 0.224 e. The highest BCUT2D eigenvalue weighted by atomic mass is 16.3. The molecule has 1 fully saturated rings. The number of amides is 1. The van der Waals surface area contributed by atoms with Crippen LogP contribution in [0.2, 0.25) is 0 Å². The number of hydrogen-bond acceptors (Lipinski definition) is 2. The molecule has 0 radical (unpaired) electrons. The first-order valence-electron chi connectivity index (χ1n) is 6.09. The van der Waals surface area contributed by atoms with Gasteiger partial charge in [0.1, 0.15) is 0 Å². The highest BCUT2D eigenvalue weighted by molar-refractivity contribution is 5.75. The normalized spacial score (nSPS) is 17.7. The van der Waals surface area contributed by atoms with Gasteiger partial charge in [-0.15, -0.1) is 0 Å². The number of hydrogen-bond donors (Lipinski definition) is 1. The molecule has 1 amide bonds. The molecule has 0 atom stereocenters. The Kier molecular flexibility index (Phi) is 5.69. The van der Waals surface area contributed by atoms with Gasteiger partial charge in [-0.3, -0.25) is 4.79 Å². The van der Waals surface area contributed by atoms with Gasteiger partial charge in [-0.1, -0.05) is 32.1 Å². The molecule has 3 heteroatoms. The molecule has 0 unspecified atom stereocenters. The van der Waals surface area contributed by atoms with E-state index in [-0.39, 0.29) is 18.9 Å². The lowest BCUT2D eigenvalue weighted by molar-refractivity contribution is -0.130. The third-order valence-corrected chi connectivity index (χ3v) is 3.35. The van der Waals surface area contributed by atoms with Crippen LogP contribution in [0.25, 0.3) is 0 Å². The van der Waals surface area contributed by atoms with Crippen molar-refractivity contribution in [2.24, 2.45) is 5.92 Å². The summed E-state index contributed by atoms with van der Waals surface area (Å²) in [4.78, 5) is 13.1. The van der Waals surface area contributed by atoms with Gasteiger partial charge in [0.15, 0.2) is 0 Å². The summed E-state index contributed by atoms with van der Waals surface area (Å²) in [7, 11) is 1.83. The molecule has 0 aliphatic heterocycles. The van der Waals surface area contributed by atoms with Crippen LogP contribution in [0.3, 0.4) is 0 Å². The molecule has 1 aliphatic rings. The van der Waals surface area contributed by atoms with Crippen molar-refractivity contribution in [3.05, 3.63) is 0 Å². The minimum absolute atomic E-state index is 0.0351. The van der Waals surface area contributed by atoms with Crippen molar-refractivity contribution in [1.82, 2.24) is 4.90 Å². The molecule has 1 N–H and O–H groups in total. The summed E-state index contributed by atoms with van der Waals surface area (Å²) in [6.07, 6.45) is 8.17. The van der Waals surface area contributed by atoms with Crippen molar-refractivity contribution < 1.29 is 9.90 Å². The van der Waals surface area contributed by atoms with Crippen LogP contribution in [0.4, 0.5) is 0 Å². The van der Waals surface area contributed by atoms with Crippen LogP contribution < -0.4 is 0 Å². The van der Waals surface area contributed by atoms with Crippen LogP contribution in [-0.2, 0) is 4.79 Å². The number of rotatable bonds is 5. The summed E-state index contributed by atoms with van der Waals surface area (Å²) in [6, 6.07) is 0. The zero-order valence-corrected chi connectivity index (χ0v) is 9.74. The maximum atomic E-state index is 11.4.